The van der Waals surface area contributed by atoms with Gasteiger partial charge in [-0.1, -0.05) is 24.3 Å². The fourth-order valence-electron chi connectivity index (χ4n) is 3.25. The lowest BCUT2D eigenvalue weighted by molar-refractivity contribution is 0.0999. The molecule has 0 aliphatic rings. The Morgan fingerprint density at radius 2 is 1.62 bits per heavy atom. The van der Waals surface area contributed by atoms with Gasteiger partial charge in [-0.3, -0.25) is 9.59 Å². The summed E-state index contributed by atoms with van der Waals surface area (Å²) in [6, 6.07) is 19.2. The largest absolute Gasteiger partial charge is 0.497 e. The van der Waals surface area contributed by atoms with Crippen molar-refractivity contribution in [2.45, 2.75) is 0 Å². The number of para-hydroxylation sites is 1. The van der Waals surface area contributed by atoms with Crippen LogP contribution in [0.4, 0.5) is 11.4 Å². The van der Waals surface area contributed by atoms with Crippen molar-refractivity contribution in [1.82, 2.24) is 0 Å². The first-order chi connectivity index (χ1) is 15.5. The van der Waals surface area contributed by atoms with Gasteiger partial charge in [0.25, 0.3) is 11.8 Å². The number of furan rings is 1. The molecule has 0 spiro atoms. The predicted octanol–water partition coefficient (Wildman–Crippen LogP) is 5.72. The van der Waals surface area contributed by atoms with E-state index in [2.05, 4.69) is 26.6 Å². The van der Waals surface area contributed by atoms with Gasteiger partial charge >= 0.3 is 0 Å². The van der Waals surface area contributed by atoms with Gasteiger partial charge in [-0.15, -0.1) is 0 Å². The number of methoxy groups -OCH3 is 2. The zero-order chi connectivity index (χ0) is 22.7. The number of rotatable bonds is 6. The van der Waals surface area contributed by atoms with Crippen molar-refractivity contribution in [3.8, 4) is 11.5 Å². The van der Waals surface area contributed by atoms with E-state index in [-0.39, 0.29) is 17.4 Å². The van der Waals surface area contributed by atoms with Crippen LogP contribution >= 0.6 is 15.9 Å². The highest BCUT2D eigenvalue weighted by molar-refractivity contribution is 9.10. The molecule has 0 saturated heterocycles. The van der Waals surface area contributed by atoms with E-state index in [0.717, 1.165) is 0 Å². The topological polar surface area (TPSA) is 89.8 Å². The summed E-state index contributed by atoms with van der Waals surface area (Å²) >= 11 is 3.38. The molecule has 0 aliphatic carbocycles. The van der Waals surface area contributed by atoms with E-state index in [1.165, 1.54) is 14.2 Å². The number of nitrogens with one attached hydrogen (secondary N) is 2. The summed E-state index contributed by atoms with van der Waals surface area (Å²) in [4.78, 5) is 26.1. The van der Waals surface area contributed by atoms with E-state index in [1.807, 2.05) is 6.07 Å². The van der Waals surface area contributed by atoms with Gasteiger partial charge in [0, 0.05) is 15.9 Å². The molecule has 3 aromatic carbocycles. The molecule has 1 aromatic heterocycles. The highest BCUT2D eigenvalue weighted by Crippen LogP contribution is 2.34. The van der Waals surface area contributed by atoms with Gasteiger partial charge in [-0.2, -0.15) is 0 Å². The Kier molecular flexibility index (Phi) is 6.13. The molecule has 0 atom stereocenters. The Labute approximate surface area is 192 Å². The minimum absolute atomic E-state index is 0.0310. The standard InChI is InChI=1S/C24H19BrN2O5/c1-30-14-11-12-20(31-2)18(13-14)26-24(29)22-21(16-8-4-6-10-19(16)32-22)27-23(28)15-7-3-5-9-17(15)25/h3-13H,1-2H3,(H,26,29)(H,27,28). The van der Waals surface area contributed by atoms with Crippen molar-refractivity contribution < 1.29 is 23.5 Å². The third-order valence-electron chi connectivity index (χ3n) is 4.81. The van der Waals surface area contributed by atoms with Gasteiger partial charge in [0.2, 0.25) is 5.76 Å². The Bertz CT molecular complexity index is 1310. The molecule has 8 heteroatoms. The van der Waals surface area contributed by atoms with Crippen LogP contribution in [0.5, 0.6) is 11.5 Å². The average molecular weight is 495 g/mol. The number of ether oxygens (including phenoxy) is 2. The summed E-state index contributed by atoms with van der Waals surface area (Å²) < 4.78 is 17.0. The molecule has 4 aromatic rings. The first-order valence-corrected chi connectivity index (χ1v) is 10.4. The van der Waals surface area contributed by atoms with E-state index >= 15 is 0 Å². The van der Waals surface area contributed by atoms with Crippen LogP contribution in [-0.2, 0) is 0 Å². The molecule has 32 heavy (non-hydrogen) atoms. The van der Waals surface area contributed by atoms with E-state index in [1.54, 1.807) is 60.7 Å². The van der Waals surface area contributed by atoms with Crippen molar-refractivity contribution >= 4 is 50.1 Å². The maximum atomic E-state index is 13.2. The molecular formula is C24H19BrN2O5. The number of hydrogen-bond acceptors (Lipinski definition) is 5. The van der Waals surface area contributed by atoms with Crippen LogP contribution in [-0.4, -0.2) is 26.0 Å². The third kappa shape index (κ3) is 4.17. The van der Waals surface area contributed by atoms with Crippen molar-refractivity contribution in [2.24, 2.45) is 0 Å². The van der Waals surface area contributed by atoms with E-state index in [4.69, 9.17) is 13.9 Å². The van der Waals surface area contributed by atoms with Gasteiger partial charge in [-0.25, -0.2) is 0 Å². The van der Waals surface area contributed by atoms with Crippen molar-refractivity contribution in [2.75, 3.05) is 24.9 Å². The van der Waals surface area contributed by atoms with Gasteiger partial charge in [0.1, 0.15) is 22.8 Å². The van der Waals surface area contributed by atoms with Crippen LogP contribution < -0.4 is 20.1 Å². The normalized spacial score (nSPS) is 10.6. The van der Waals surface area contributed by atoms with Crippen LogP contribution in [0.1, 0.15) is 20.9 Å². The maximum absolute atomic E-state index is 13.2. The fourth-order valence-corrected chi connectivity index (χ4v) is 3.71. The summed E-state index contributed by atoms with van der Waals surface area (Å²) in [5, 5.41) is 6.22. The second-order valence-electron chi connectivity index (χ2n) is 6.76. The first-order valence-electron chi connectivity index (χ1n) is 9.62. The molecule has 4 rings (SSSR count). The van der Waals surface area contributed by atoms with Crippen molar-refractivity contribution in [1.29, 1.82) is 0 Å². The second-order valence-corrected chi connectivity index (χ2v) is 7.61. The zero-order valence-electron chi connectivity index (χ0n) is 17.3. The number of carbonyl (C=O) groups is 2. The number of anilines is 2. The fraction of sp³-hybridized carbons (Fsp3) is 0.0833. The summed E-state index contributed by atoms with van der Waals surface area (Å²) in [5.41, 5.74) is 1.58. The maximum Gasteiger partial charge on any atom is 0.293 e. The van der Waals surface area contributed by atoms with Crippen LogP contribution in [0.25, 0.3) is 11.0 Å². The zero-order valence-corrected chi connectivity index (χ0v) is 18.9. The number of amides is 2. The number of carbonyl (C=O) groups excluding carboxylic acids is 2. The number of hydrogen-bond donors (Lipinski definition) is 2. The first kappa shape index (κ1) is 21.5. The molecule has 2 amide bonds. The minimum atomic E-state index is -0.546. The molecule has 0 saturated carbocycles. The van der Waals surface area contributed by atoms with Crippen LogP contribution in [0.3, 0.4) is 0 Å². The van der Waals surface area contributed by atoms with Gasteiger partial charge in [-0.05, 0) is 52.3 Å². The summed E-state index contributed by atoms with van der Waals surface area (Å²) in [6.07, 6.45) is 0. The lowest BCUT2D eigenvalue weighted by atomic mass is 10.1. The van der Waals surface area contributed by atoms with Gasteiger partial charge < -0.3 is 24.5 Å². The smallest absolute Gasteiger partial charge is 0.293 e. The Hall–Kier alpha value is -3.78. The SMILES string of the molecule is COc1ccc(OC)c(NC(=O)c2oc3ccccc3c2NC(=O)c2ccccc2Br)c1. The van der Waals surface area contributed by atoms with Crippen LogP contribution in [0.2, 0.25) is 0 Å². The molecular weight excluding hydrogens is 476 g/mol. The summed E-state index contributed by atoms with van der Waals surface area (Å²) in [6.45, 7) is 0. The molecule has 1 heterocycles. The lowest BCUT2D eigenvalue weighted by Crippen LogP contribution is -2.17. The van der Waals surface area contributed by atoms with Crippen LogP contribution in [0.15, 0.2) is 75.6 Å². The van der Waals surface area contributed by atoms with E-state index < -0.39 is 5.91 Å². The molecule has 2 N–H and O–H groups in total. The quantitative estimate of drug-likeness (QED) is 0.357. The molecule has 162 valence electrons. The van der Waals surface area contributed by atoms with E-state index in [0.29, 0.717) is 38.2 Å². The Morgan fingerprint density at radius 1 is 0.875 bits per heavy atom. The predicted molar refractivity (Wildman–Crippen MR) is 126 cm³/mol. The Balaban J connectivity index is 1.73. The van der Waals surface area contributed by atoms with Crippen molar-refractivity contribution in [3.63, 3.8) is 0 Å². The van der Waals surface area contributed by atoms with Crippen LogP contribution in [0, 0.1) is 0 Å². The number of halogens is 1. The third-order valence-corrected chi connectivity index (χ3v) is 5.51. The molecule has 0 bridgehead atoms. The van der Waals surface area contributed by atoms with Gasteiger partial charge in [0.15, 0.2) is 0 Å². The van der Waals surface area contributed by atoms with E-state index in [9.17, 15) is 9.59 Å². The molecule has 7 nitrogen and oxygen atoms in total. The highest BCUT2D eigenvalue weighted by Gasteiger charge is 2.24. The van der Waals surface area contributed by atoms with Crippen molar-refractivity contribution in [3.05, 3.63) is 82.5 Å². The average Bonchev–Trinajstić information content (AvgIpc) is 3.17. The molecule has 0 radical (unpaired) electrons. The lowest BCUT2D eigenvalue weighted by Gasteiger charge is -2.12. The molecule has 0 fully saturated rings. The summed E-state index contributed by atoms with van der Waals surface area (Å²) in [5.74, 6) is 0.0471. The van der Waals surface area contributed by atoms with Gasteiger partial charge in [0.05, 0.1) is 25.5 Å². The monoisotopic (exact) mass is 494 g/mol. The molecule has 0 aliphatic heterocycles. The summed E-state index contributed by atoms with van der Waals surface area (Å²) in [7, 11) is 3.03. The number of fused-ring (bicyclic) bond motifs is 1. The number of benzene rings is 3. The Morgan fingerprint density at radius 3 is 2.38 bits per heavy atom. The minimum Gasteiger partial charge on any atom is -0.497 e. The molecule has 0 unspecified atom stereocenters. The second kappa shape index (κ2) is 9.15. The highest BCUT2D eigenvalue weighted by atomic mass is 79.9.